The summed E-state index contributed by atoms with van der Waals surface area (Å²) in [4.78, 5) is 0.190. The van der Waals surface area contributed by atoms with Crippen molar-refractivity contribution in [3.8, 4) is 0 Å². The molecule has 1 heterocycles. The minimum Gasteiger partial charge on any atom is -0.378 e. The number of hydrogen-bond donors (Lipinski definition) is 2. The summed E-state index contributed by atoms with van der Waals surface area (Å²) in [5.74, 6) is 0.460. The van der Waals surface area contributed by atoms with Crippen molar-refractivity contribution in [3.05, 3.63) is 98.5 Å². The van der Waals surface area contributed by atoms with Gasteiger partial charge >= 0.3 is 0 Å². The highest BCUT2D eigenvalue weighted by Gasteiger charge is 2.38. The first-order valence-corrected chi connectivity index (χ1v) is 13.2. The molecular weight excluding hydrogens is 531 g/mol. The lowest BCUT2D eigenvalue weighted by Crippen LogP contribution is -2.29. The fourth-order valence-electron chi connectivity index (χ4n) is 4.53. The van der Waals surface area contributed by atoms with Gasteiger partial charge in [0.25, 0.3) is 10.0 Å². The molecule has 0 unspecified atom stereocenters. The second-order valence-corrected chi connectivity index (χ2v) is 11.4. The maximum atomic E-state index is 13.1. The van der Waals surface area contributed by atoms with Gasteiger partial charge in [0.15, 0.2) is 0 Å². The Morgan fingerprint density at radius 2 is 1.81 bits per heavy atom. The van der Waals surface area contributed by atoms with Gasteiger partial charge in [0.05, 0.1) is 26.7 Å². The quantitative estimate of drug-likeness (QED) is 0.334. The molecule has 0 saturated carbocycles. The monoisotopic (exact) mass is 548 g/mol. The van der Waals surface area contributed by atoms with E-state index in [2.05, 4.69) is 50.3 Å². The molecule has 3 atom stereocenters. The van der Waals surface area contributed by atoms with Crippen molar-refractivity contribution in [2.45, 2.75) is 23.3 Å². The average Bonchev–Trinajstić information content (AvgIpc) is 3.27. The Bertz CT molecular complexity index is 1330. The Balaban J connectivity index is 1.49. The molecule has 0 saturated heterocycles. The first kappa shape index (κ1) is 21.8. The van der Waals surface area contributed by atoms with E-state index in [0.717, 1.165) is 22.1 Å². The van der Waals surface area contributed by atoms with Crippen LogP contribution in [0.2, 0.25) is 10.0 Å². The standard InChI is InChI=1S/C24H19BrCl2N2O2S/c25-15-9-7-14(8-10-15)24-18-4-1-3-17(18)19-13-16(11-12-21(19)28-24)32(30,31)29-22-6-2-5-20(26)23(22)27/h1-3,5-13,17-18,24,28-29H,4H2/t17-,18-,24-/m0/s1. The van der Waals surface area contributed by atoms with Crippen LogP contribution in [0.3, 0.4) is 0 Å². The van der Waals surface area contributed by atoms with E-state index in [1.807, 2.05) is 18.2 Å². The van der Waals surface area contributed by atoms with Crippen LogP contribution in [-0.2, 0) is 10.0 Å². The van der Waals surface area contributed by atoms with Crippen LogP contribution in [0.5, 0.6) is 0 Å². The molecule has 164 valence electrons. The summed E-state index contributed by atoms with van der Waals surface area (Å²) in [6.45, 7) is 0. The Morgan fingerprint density at radius 1 is 1.03 bits per heavy atom. The Morgan fingerprint density at radius 3 is 2.59 bits per heavy atom. The van der Waals surface area contributed by atoms with E-state index in [0.29, 0.717) is 10.9 Å². The van der Waals surface area contributed by atoms with Gasteiger partial charge in [-0.3, -0.25) is 4.72 Å². The summed E-state index contributed by atoms with van der Waals surface area (Å²) in [6, 6.07) is 18.6. The zero-order valence-electron chi connectivity index (χ0n) is 16.7. The van der Waals surface area contributed by atoms with Crippen LogP contribution >= 0.6 is 39.1 Å². The van der Waals surface area contributed by atoms with Gasteiger partial charge in [0, 0.05) is 16.1 Å². The summed E-state index contributed by atoms with van der Waals surface area (Å²) in [7, 11) is -3.84. The van der Waals surface area contributed by atoms with Gasteiger partial charge in [-0.2, -0.15) is 0 Å². The molecule has 0 fully saturated rings. The first-order valence-electron chi connectivity index (χ1n) is 10.1. The van der Waals surface area contributed by atoms with E-state index in [1.54, 1.807) is 30.3 Å². The number of nitrogens with one attached hydrogen (secondary N) is 2. The fourth-order valence-corrected chi connectivity index (χ4v) is 6.30. The van der Waals surface area contributed by atoms with E-state index in [-0.39, 0.29) is 27.6 Å². The maximum absolute atomic E-state index is 13.1. The number of rotatable bonds is 4. The highest BCUT2D eigenvalue weighted by Crippen LogP contribution is 2.50. The van der Waals surface area contributed by atoms with Crippen LogP contribution in [-0.4, -0.2) is 8.42 Å². The van der Waals surface area contributed by atoms with Crippen molar-refractivity contribution in [1.82, 2.24) is 0 Å². The topological polar surface area (TPSA) is 58.2 Å². The van der Waals surface area contributed by atoms with Crippen LogP contribution in [0.25, 0.3) is 0 Å². The molecule has 0 amide bonds. The van der Waals surface area contributed by atoms with Crippen molar-refractivity contribution < 1.29 is 8.42 Å². The molecule has 5 rings (SSSR count). The van der Waals surface area contributed by atoms with E-state index >= 15 is 0 Å². The molecule has 8 heteroatoms. The van der Waals surface area contributed by atoms with E-state index in [9.17, 15) is 8.42 Å². The number of benzene rings is 3. The van der Waals surface area contributed by atoms with Gasteiger partial charge in [-0.05, 0) is 65.9 Å². The van der Waals surface area contributed by atoms with Crippen molar-refractivity contribution >= 4 is 60.5 Å². The Labute approximate surface area is 205 Å². The molecular formula is C24H19BrCl2N2O2S. The minimum atomic E-state index is -3.84. The summed E-state index contributed by atoms with van der Waals surface area (Å²) in [5.41, 5.74) is 3.40. The van der Waals surface area contributed by atoms with Crippen LogP contribution in [0, 0.1) is 5.92 Å². The number of sulfonamides is 1. The third-order valence-corrected chi connectivity index (χ3v) is 8.78. The van der Waals surface area contributed by atoms with Crippen molar-refractivity contribution in [3.63, 3.8) is 0 Å². The fraction of sp³-hybridized carbons (Fsp3) is 0.167. The number of halogens is 3. The molecule has 0 bridgehead atoms. The van der Waals surface area contributed by atoms with Crippen LogP contribution in [0.15, 0.2) is 82.2 Å². The summed E-state index contributed by atoms with van der Waals surface area (Å²) in [6.07, 6.45) is 5.31. The van der Waals surface area contributed by atoms with Crippen molar-refractivity contribution in [2.24, 2.45) is 5.92 Å². The normalized spacial score (nSPS) is 21.5. The first-order chi connectivity index (χ1) is 15.3. The average molecular weight is 550 g/mol. The summed E-state index contributed by atoms with van der Waals surface area (Å²) >= 11 is 15.7. The molecule has 0 aromatic heterocycles. The zero-order valence-corrected chi connectivity index (χ0v) is 20.6. The Hall–Kier alpha value is -1.99. The van der Waals surface area contributed by atoms with Gasteiger partial charge < -0.3 is 5.32 Å². The largest absolute Gasteiger partial charge is 0.378 e. The predicted molar refractivity (Wildman–Crippen MR) is 134 cm³/mol. The lowest BCUT2D eigenvalue weighted by atomic mass is 9.77. The second kappa shape index (κ2) is 8.41. The number of hydrogen-bond acceptors (Lipinski definition) is 3. The number of allylic oxidation sites excluding steroid dienone is 2. The molecule has 0 radical (unpaired) electrons. The molecule has 2 N–H and O–H groups in total. The second-order valence-electron chi connectivity index (χ2n) is 7.98. The minimum absolute atomic E-state index is 0.143. The molecule has 2 aliphatic rings. The zero-order chi connectivity index (χ0) is 22.5. The highest BCUT2D eigenvalue weighted by atomic mass is 79.9. The summed E-state index contributed by atoms with van der Waals surface area (Å²) in [5, 5.41) is 4.11. The number of anilines is 2. The lowest BCUT2D eigenvalue weighted by molar-refractivity contribution is 0.425. The number of fused-ring (bicyclic) bond motifs is 3. The van der Waals surface area contributed by atoms with Gasteiger partial charge in [0.1, 0.15) is 0 Å². The molecule has 32 heavy (non-hydrogen) atoms. The van der Waals surface area contributed by atoms with Crippen molar-refractivity contribution in [1.29, 1.82) is 0 Å². The van der Waals surface area contributed by atoms with Gasteiger partial charge in [-0.15, -0.1) is 0 Å². The molecule has 1 aliphatic heterocycles. The van der Waals surface area contributed by atoms with Gasteiger partial charge in [-0.1, -0.05) is 69.5 Å². The molecule has 0 spiro atoms. The third-order valence-electron chi connectivity index (χ3n) is 6.07. The van der Waals surface area contributed by atoms with Crippen LogP contribution in [0.1, 0.15) is 29.5 Å². The van der Waals surface area contributed by atoms with Gasteiger partial charge in [0.2, 0.25) is 0 Å². The van der Waals surface area contributed by atoms with Gasteiger partial charge in [-0.25, -0.2) is 8.42 Å². The Kier molecular flexibility index (Phi) is 5.74. The molecule has 1 aliphatic carbocycles. The highest BCUT2D eigenvalue weighted by molar-refractivity contribution is 9.10. The van der Waals surface area contributed by atoms with Crippen molar-refractivity contribution in [2.75, 3.05) is 10.0 Å². The third kappa shape index (κ3) is 3.94. The molecule has 4 nitrogen and oxygen atoms in total. The van der Waals surface area contributed by atoms with Crippen LogP contribution < -0.4 is 10.0 Å². The summed E-state index contributed by atoms with van der Waals surface area (Å²) < 4.78 is 29.8. The predicted octanol–water partition coefficient (Wildman–Crippen LogP) is 7.38. The van der Waals surface area contributed by atoms with E-state index in [1.165, 1.54) is 5.56 Å². The SMILES string of the molecule is O=S(=O)(Nc1cccc(Cl)c1Cl)c1ccc2c(c1)[C@H]1C=CC[C@@H]1[C@H](c1ccc(Br)cc1)N2. The lowest BCUT2D eigenvalue weighted by Gasteiger charge is -2.37. The van der Waals surface area contributed by atoms with E-state index in [4.69, 9.17) is 23.2 Å². The smallest absolute Gasteiger partial charge is 0.261 e. The molecule has 3 aromatic rings. The van der Waals surface area contributed by atoms with Crippen LogP contribution in [0.4, 0.5) is 11.4 Å². The molecule has 3 aromatic carbocycles. The van der Waals surface area contributed by atoms with E-state index < -0.39 is 10.0 Å². The maximum Gasteiger partial charge on any atom is 0.261 e.